The number of hydrogen-bond donors (Lipinski definition) is 3. The lowest BCUT2D eigenvalue weighted by atomic mass is 10.0. The Bertz CT molecular complexity index is 817. The van der Waals surface area contributed by atoms with Crippen molar-refractivity contribution in [1.29, 1.82) is 0 Å². The van der Waals surface area contributed by atoms with Crippen LogP contribution in [0.15, 0.2) is 53.0 Å². The molecule has 0 bridgehead atoms. The molecule has 0 unspecified atom stereocenters. The van der Waals surface area contributed by atoms with Crippen molar-refractivity contribution in [2.24, 2.45) is 0 Å². The first-order chi connectivity index (χ1) is 14.5. The summed E-state index contributed by atoms with van der Waals surface area (Å²) in [6, 6.07) is 14.3. The Kier molecular flexibility index (Phi) is 10.5. The molecule has 2 rings (SSSR count). The second-order valence-corrected chi connectivity index (χ2v) is 7.39. The van der Waals surface area contributed by atoms with Gasteiger partial charge in [-0.05, 0) is 43.2 Å². The minimum Gasteiger partial charge on any atom is -0.491 e. The van der Waals surface area contributed by atoms with Gasteiger partial charge in [0.25, 0.3) is 0 Å². The molecular formula is C21H24BrNO6S. The van der Waals surface area contributed by atoms with E-state index in [1.165, 1.54) is 0 Å². The van der Waals surface area contributed by atoms with E-state index in [4.69, 9.17) is 19.3 Å². The van der Waals surface area contributed by atoms with E-state index < -0.39 is 18.2 Å². The SMILES string of the molecule is O=C(CS)OCCC[C@@H](OC(=O)Nc1ccc(Br)cc1)c1ccccc1OCCO. The van der Waals surface area contributed by atoms with E-state index in [0.29, 0.717) is 29.8 Å². The van der Waals surface area contributed by atoms with Gasteiger partial charge in [0.05, 0.1) is 19.0 Å². The zero-order valence-corrected chi connectivity index (χ0v) is 18.7. The lowest BCUT2D eigenvalue weighted by molar-refractivity contribution is -0.140. The number of aliphatic hydroxyl groups excluding tert-OH is 1. The first-order valence-corrected chi connectivity index (χ1v) is 10.8. The van der Waals surface area contributed by atoms with E-state index in [1.807, 2.05) is 6.07 Å². The summed E-state index contributed by atoms with van der Waals surface area (Å²) in [6.45, 7) is 0.172. The van der Waals surface area contributed by atoms with Gasteiger partial charge in [0, 0.05) is 15.7 Å². The molecule has 2 aromatic carbocycles. The number of para-hydroxylation sites is 1. The zero-order chi connectivity index (χ0) is 21.8. The molecule has 2 N–H and O–H groups in total. The third-order valence-corrected chi connectivity index (χ3v) is 4.74. The predicted octanol–water partition coefficient (Wildman–Crippen LogP) is 4.36. The number of rotatable bonds is 11. The highest BCUT2D eigenvalue weighted by molar-refractivity contribution is 9.10. The number of carbonyl (C=O) groups is 2. The van der Waals surface area contributed by atoms with Gasteiger partial charge in [-0.15, -0.1) is 0 Å². The Morgan fingerprint density at radius 2 is 1.83 bits per heavy atom. The maximum absolute atomic E-state index is 12.5. The number of halogens is 1. The van der Waals surface area contributed by atoms with Gasteiger partial charge in [-0.25, -0.2) is 4.79 Å². The fourth-order valence-corrected chi connectivity index (χ4v) is 2.98. The Hall–Kier alpha value is -2.23. The number of hydrogen-bond acceptors (Lipinski definition) is 7. The van der Waals surface area contributed by atoms with Crippen LogP contribution in [-0.2, 0) is 14.3 Å². The molecule has 0 spiro atoms. The summed E-state index contributed by atoms with van der Waals surface area (Å²) < 4.78 is 17.2. The van der Waals surface area contributed by atoms with Gasteiger partial charge in [-0.2, -0.15) is 12.6 Å². The number of esters is 1. The van der Waals surface area contributed by atoms with Gasteiger partial charge >= 0.3 is 12.1 Å². The summed E-state index contributed by atoms with van der Waals surface area (Å²) in [5.41, 5.74) is 1.26. The van der Waals surface area contributed by atoms with E-state index >= 15 is 0 Å². The van der Waals surface area contributed by atoms with Crippen molar-refractivity contribution in [1.82, 2.24) is 0 Å². The minimum absolute atomic E-state index is 0.00730. The molecule has 1 amide bonds. The topological polar surface area (TPSA) is 94.1 Å². The minimum atomic E-state index is -0.634. The predicted molar refractivity (Wildman–Crippen MR) is 120 cm³/mol. The van der Waals surface area contributed by atoms with Crippen LogP contribution in [0.5, 0.6) is 5.75 Å². The molecule has 0 saturated heterocycles. The monoisotopic (exact) mass is 497 g/mol. The largest absolute Gasteiger partial charge is 0.491 e. The van der Waals surface area contributed by atoms with Crippen LogP contribution in [0.1, 0.15) is 24.5 Å². The number of aliphatic hydroxyl groups is 1. The number of ether oxygens (including phenoxy) is 3. The maximum atomic E-state index is 12.5. The van der Waals surface area contributed by atoms with Crippen molar-refractivity contribution >= 4 is 46.3 Å². The highest BCUT2D eigenvalue weighted by Crippen LogP contribution is 2.31. The molecule has 0 aliphatic carbocycles. The summed E-state index contributed by atoms with van der Waals surface area (Å²) in [5, 5.41) is 11.7. The molecule has 0 aliphatic rings. The number of anilines is 1. The van der Waals surface area contributed by atoms with Gasteiger partial charge in [0.15, 0.2) is 0 Å². The van der Waals surface area contributed by atoms with E-state index in [-0.39, 0.29) is 25.6 Å². The van der Waals surface area contributed by atoms with Gasteiger partial charge in [0.2, 0.25) is 0 Å². The average molecular weight is 498 g/mol. The van der Waals surface area contributed by atoms with Crippen molar-refractivity contribution in [3.05, 3.63) is 58.6 Å². The first-order valence-electron chi connectivity index (χ1n) is 9.35. The number of amides is 1. The Morgan fingerprint density at radius 1 is 1.10 bits per heavy atom. The lowest BCUT2D eigenvalue weighted by Gasteiger charge is -2.21. The van der Waals surface area contributed by atoms with Crippen molar-refractivity contribution in [2.75, 3.05) is 30.9 Å². The Labute approximate surface area is 189 Å². The van der Waals surface area contributed by atoms with Crippen LogP contribution in [0, 0.1) is 0 Å². The second-order valence-electron chi connectivity index (χ2n) is 6.16. The van der Waals surface area contributed by atoms with Gasteiger partial charge in [0.1, 0.15) is 18.5 Å². The highest BCUT2D eigenvalue weighted by atomic mass is 79.9. The van der Waals surface area contributed by atoms with Crippen LogP contribution in [-0.4, -0.2) is 42.7 Å². The maximum Gasteiger partial charge on any atom is 0.412 e. The number of benzene rings is 2. The molecule has 2 aromatic rings. The molecule has 1 atom stereocenters. The highest BCUT2D eigenvalue weighted by Gasteiger charge is 2.21. The van der Waals surface area contributed by atoms with Crippen molar-refractivity contribution in [3.63, 3.8) is 0 Å². The van der Waals surface area contributed by atoms with Crippen molar-refractivity contribution in [3.8, 4) is 5.75 Å². The van der Waals surface area contributed by atoms with Crippen LogP contribution in [0.2, 0.25) is 0 Å². The molecule has 9 heteroatoms. The third-order valence-electron chi connectivity index (χ3n) is 3.96. The van der Waals surface area contributed by atoms with Crippen LogP contribution >= 0.6 is 28.6 Å². The zero-order valence-electron chi connectivity index (χ0n) is 16.3. The summed E-state index contributed by atoms with van der Waals surface area (Å²) in [6.07, 6.45) is -0.367. The summed E-state index contributed by atoms with van der Waals surface area (Å²) in [5.74, 6) is 0.115. The Morgan fingerprint density at radius 3 is 2.53 bits per heavy atom. The normalized spacial score (nSPS) is 11.4. The van der Waals surface area contributed by atoms with Gasteiger partial charge in [-0.3, -0.25) is 10.1 Å². The standard InChI is InChI=1S/C21H24BrNO6S/c22-15-7-9-16(10-8-15)23-21(26)29-19(6-3-12-28-20(25)14-30)17-4-1-2-5-18(17)27-13-11-24/h1-2,4-5,7-10,19,24,30H,3,6,11-14H2,(H,23,26)/t19-/m1/s1. The fraction of sp³-hybridized carbons (Fsp3) is 0.333. The third kappa shape index (κ3) is 8.25. The molecule has 162 valence electrons. The fourth-order valence-electron chi connectivity index (χ4n) is 2.62. The van der Waals surface area contributed by atoms with Crippen molar-refractivity contribution < 1.29 is 28.9 Å². The molecule has 0 fully saturated rings. The molecule has 30 heavy (non-hydrogen) atoms. The van der Waals surface area contributed by atoms with Gasteiger partial charge < -0.3 is 19.3 Å². The van der Waals surface area contributed by atoms with Gasteiger partial charge in [-0.1, -0.05) is 34.1 Å². The lowest BCUT2D eigenvalue weighted by Crippen LogP contribution is -2.19. The molecule has 7 nitrogen and oxygen atoms in total. The quantitative estimate of drug-likeness (QED) is 0.242. The van der Waals surface area contributed by atoms with Crippen LogP contribution in [0.3, 0.4) is 0 Å². The molecule has 0 aliphatic heterocycles. The van der Waals surface area contributed by atoms with Crippen LogP contribution in [0.4, 0.5) is 10.5 Å². The summed E-state index contributed by atoms with van der Waals surface area (Å²) in [7, 11) is 0. The number of nitrogens with one attached hydrogen (secondary N) is 1. The smallest absolute Gasteiger partial charge is 0.412 e. The Balaban J connectivity index is 2.09. The van der Waals surface area contributed by atoms with Crippen LogP contribution < -0.4 is 10.1 Å². The first kappa shape index (κ1) is 24.0. The van der Waals surface area contributed by atoms with E-state index in [2.05, 4.69) is 33.9 Å². The van der Waals surface area contributed by atoms with E-state index in [0.717, 1.165) is 4.47 Å². The number of thiol groups is 1. The number of carbonyl (C=O) groups excluding carboxylic acids is 2. The average Bonchev–Trinajstić information content (AvgIpc) is 2.76. The summed E-state index contributed by atoms with van der Waals surface area (Å²) >= 11 is 7.21. The van der Waals surface area contributed by atoms with E-state index in [9.17, 15) is 9.59 Å². The molecule has 0 saturated carbocycles. The molecule has 0 aromatic heterocycles. The molecule has 0 heterocycles. The van der Waals surface area contributed by atoms with Crippen LogP contribution in [0.25, 0.3) is 0 Å². The second kappa shape index (κ2) is 13.1. The van der Waals surface area contributed by atoms with Crippen molar-refractivity contribution in [2.45, 2.75) is 18.9 Å². The summed E-state index contributed by atoms with van der Waals surface area (Å²) in [4.78, 5) is 23.7. The molecule has 0 radical (unpaired) electrons. The molecular weight excluding hydrogens is 474 g/mol. The van der Waals surface area contributed by atoms with E-state index in [1.54, 1.807) is 42.5 Å².